The predicted molar refractivity (Wildman–Crippen MR) is 109 cm³/mol. The first-order chi connectivity index (χ1) is 13.2. The number of ether oxygens (including phenoxy) is 2. The summed E-state index contributed by atoms with van der Waals surface area (Å²) in [5, 5.41) is 2.87. The van der Waals surface area contributed by atoms with Gasteiger partial charge in [0.15, 0.2) is 5.60 Å². The van der Waals surface area contributed by atoms with Gasteiger partial charge in [-0.05, 0) is 76.6 Å². The lowest BCUT2D eigenvalue weighted by Crippen LogP contribution is -2.57. The third-order valence-corrected chi connectivity index (χ3v) is 4.67. The summed E-state index contributed by atoms with van der Waals surface area (Å²) in [5.41, 5.74) is 1.19. The van der Waals surface area contributed by atoms with Crippen LogP contribution in [-0.4, -0.2) is 30.1 Å². The highest BCUT2D eigenvalue weighted by molar-refractivity contribution is 6.09. The van der Waals surface area contributed by atoms with Gasteiger partial charge in [-0.15, -0.1) is 0 Å². The van der Waals surface area contributed by atoms with Crippen LogP contribution in [0, 0.1) is 6.92 Å². The Morgan fingerprint density at radius 2 is 1.89 bits per heavy atom. The van der Waals surface area contributed by atoms with Crippen molar-refractivity contribution in [3.63, 3.8) is 0 Å². The highest BCUT2D eigenvalue weighted by Gasteiger charge is 2.44. The average Bonchev–Trinajstić information content (AvgIpc) is 2.64. The molecule has 2 aromatic rings. The summed E-state index contributed by atoms with van der Waals surface area (Å²) in [5.74, 6) is 0.807. The second-order valence-corrected chi connectivity index (χ2v) is 7.38. The fourth-order valence-electron chi connectivity index (χ4n) is 3.17. The molecule has 28 heavy (non-hydrogen) atoms. The standard InChI is InChI=1S/C22H26N2O4/c1-6-27-17-10-8-16(9-11-17)23-20(25)15(3)24-18-13-14(2)7-12-19(18)28-22(4,5)21(24)26/h7-13,15H,6H2,1-5H3,(H,23,25). The summed E-state index contributed by atoms with van der Waals surface area (Å²) in [4.78, 5) is 27.5. The topological polar surface area (TPSA) is 67.9 Å². The van der Waals surface area contributed by atoms with Crippen LogP contribution in [0.4, 0.5) is 11.4 Å². The highest BCUT2D eigenvalue weighted by Crippen LogP contribution is 2.39. The van der Waals surface area contributed by atoms with E-state index in [1.807, 2.05) is 32.0 Å². The molecule has 3 rings (SSSR count). The number of benzene rings is 2. The second kappa shape index (κ2) is 7.54. The van der Waals surface area contributed by atoms with Crippen molar-refractivity contribution in [2.45, 2.75) is 46.3 Å². The molecule has 0 spiro atoms. The van der Waals surface area contributed by atoms with E-state index < -0.39 is 11.6 Å². The third kappa shape index (κ3) is 3.81. The number of anilines is 2. The number of carbonyl (C=O) groups is 2. The lowest BCUT2D eigenvalue weighted by atomic mass is 10.0. The fraction of sp³-hybridized carbons (Fsp3) is 0.364. The van der Waals surface area contributed by atoms with E-state index in [2.05, 4.69) is 5.32 Å². The SMILES string of the molecule is CCOc1ccc(NC(=O)C(C)N2C(=O)C(C)(C)Oc3ccc(C)cc32)cc1. The molecule has 6 nitrogen and oxygen atoms in total. The Balaban J connectivity index is 1.85. The van der Waals surface area contributed by atoms with Crippen molar-refractivity contribution in [2.24, 2.45) is 0 Å². The van der Waals surface area contributed by atoms with Gasteiger partial charge < -0.3 is 14.8 Å². The van der Waals surface area contributed by atoms with Crippen molar-refractivity contribution in [1.29, 1.82) is 0 Å². The Hall–Kier alpha value is -3.02. The molecular weight excluding hydrogens is 356 g/mol. The maximum absolute atomic E-state index is 13.0. The van der Waals surface area contributed by atoms with Crippen molar-refractivity contribution in [3.8, 4) is 11.5 Å². The van der Waals surface area contributed by atoms with E-state index in [1.54, 1.807) is 45.0 Å². The van der Waals surface area contributed by atoms with Crippen LogP contribution in [0.5, 0.6) is 11.5 Å². The van der Waals surface area contributed by atoms with Crippen molar-refractivity contribution >= 4 is 23.2 Å². The molecule has 0 saturated heterocycles. The number of hydrogen-bond acceptors (Lipinski definition) is 4. The molecule has 0 saturated carbocycles. The largest absolute Gasteiger partial charge is 0.494 e. The number of rotatable bonds is 5. The first-order valence-corrected chi connectivity index (χ1v) is 9.40. The molecular formula is C22H26N2O4. The summed E-state index contributed by atoms with van der Waals surface area (Å²) < 4.78 is 11.3. The Bertz CT molecular complexity index is 890. The minimum atomic E-state index is -1.05. The zero-order chi connectivity index (χ0) is 20.5. The smallest absolute Gasteiger partial charge is 0.271 e. The number of aryl methyl sites for hydroxylation is 1. The molecule has 1 aliphatic heterocycles. The normalized spacial score (nSPS) is 16.0. The van der Waals surface area contributed by atoms with E-state index in [0.717, 1.165) is 11.3 Å². The Labute approximate surface area is 165 Å². The van der Waals surface area contributed by atoms with Crippen LogP contribution in [0.2, 0.25) is 0 Å². The number of nitrogens with one attached hydrogen (secondary N) is 1. The number of amides is 2. The van der Waals surface area contributed by atoms with Gasteiger partial charge in [0.2, 0.25) is 5.91 Å². The second-order valence-electron chi connectivity index (χ2n) is 7.38. The van der Waals surface area contributed by atoms with Crippen LogP contribution < -0.4 is 19.7 Å². The number of nitrogens with zero attached hydrogens (tertiary/aromatic N) is 1. The van der Waals surface area contributed by atoms with Crippen molar-refractivity contribution in [1.82, 2.24) is 0 Å². The van der Waals surface area contributed by atoms with Crippen molar-refractivity contribution in [3.05, 3.63) is 48.0 Å². The zero-order valence-corrected chi connectivity index (χ0v) is 16.9. The molecule has 2 aromatic carbocycles. The molecule has 6 heteroatoms. The molecule has 0 bridgehead atoms. The Morgan fingerprint density at radius 3 is 2.54 bits per heavy atom. The first kappa shape index (κ1) is 19.7. The fourth-order valence-corrected chi connectivity index (χ4v) is 3.17. The van der Waals surface area contributed by atoms with E-state index in [1.165, 1.54) is 4.90 Å². The van der Waals surface area contributed by atoms with Crippen molar-refractivity contribution < 1.29 is 19.1 Å². The number of hydrogen-bond donors (Lipinski definition) is 1. The van der Waals surface area contributed by atoms with Gasteiger partial charge in [-0.3, -0.25) is 14.5 Å². The van der Waals surface area contributed by atoms with Crippen LogP contribution in [0.25, 0.3) is 0 Å². The summed E-state index contributed by atoms with van der Waals surface area (Å²) in [7, 11) is 0. The monoisotopic (exact) mass is 382 g/mol. The van der Waals surface area contributed by atoms with Gasteiger partial charge in [0.05, 0.1) is 12.3 Å². The van der Waals surface area contributed by atoms with Crippen LogP contribution in [0.1, 0.15) is 33.3 Å². The van der Waals surface area contributed by atoms with Gasteiger partial charge in [0.25, 0.3) is 5.91 Å². The highest BCUT2D eigenvalue weighted by atomic mass is 16.5. The molecule has 1 atom stereocenters. The maximum atomic E-state index is 13.0. The van der Waals surface area contributed by atoms with E-state index in [0.29, 0.717) is 23.7 Å². The number of fused-ring (bicyclic) bond motifs is 1. The van der Waals surface area contributed by atoms with E-state index in [9.17, 15) is 9.59 Å². The molecule has 0 aromatic heterocycles. The van der Waals surface area contributed by atoms with Crippen molar-refractivity contribution in [2.75, 3.05) is 16.8 Å². The molecule has 0 radical (unpaired) electrons. The Morgan fingerprint density at radius 1 is 1.21 bits per heavy atom. The molecule has 1 heterocycles. The first-order valence-electron chi connectivity index (χ1n) is 9.40. The van der Waals surface area contributed by atoms with E-state index in [4.69, 9.17) is 9.47 Å². The lowest BCUT2D eigenvalue weighted by Gasteiger charge is -2.41. The zero-order valence-electron chi connectivity index (χ0n) is 16.9. The van der Waals surface area contributed by atoms with Crippen LogP contribution in [0.15, 0.2) is 42.5 Å². The lowest BCUT2D eigenvalue weighted by molar-refractivity contribution is -0.134. The van der Waals surface area contributed by atoms with Gasteiger partial charge in [-0.1, -0.05) is 6.07 Å². The summed E-state index contributed by atoms with van der Waals surface area (Å²) >= 11 is 0. The van der Waals surface area contributed by atoms with Gasteiger partial charge in [0, 0.05) is 5.69 Å². The minimum absolute atomic E-state index is 0.250. The van der Waals surface area contributed by atoms with Crippen LogP contribution >= 0.6 is 0 Å². The van der Waals surface area contributed by atoms with Gasteiger partial charge >= 0.3 is 0 Å². The molecule has 1 unspecified atom stereocenters. The minimum Gasteiger partial charge on any atom is -0.494 e. The van der Waals surface area contributed by atoms with Gasteiger partial charge in [-0.2, -0.15) is 0 Å². The van der Waals surface area contributed by atoms with Gasteiger partial charge in [-0.25, -0.2) is 0 Å². The molecule has 148 valence electrons. The maximum Gasteiger partial charge on any atom is 0.271 e. The number of carbonyl (C=O) groups excluding carboxylic acids is 2. The summed E-state index contributed by atoms with van der Waals surface area (Å²) in [6, 6.07) is 12.1. The summed E-state index contributed by atoms with van der Waals surface area (Å²) in [6.45, 7) is 9.57. The van der Waals surface area contributed by atoms with Gasteiger partial charge in [0.1, 0.15) is 17.5 Å². The molecule has 0 aliphatic carbocycles. The predicted octanol–water partition coefficient (Wildman–Crippen LogP) is 3.92. The Kier molecular flexibility index (Phi) is 5.31. The molecule has 1 aliphatic rings. The van der Waals surface area contributed by atoms with E-state index >= 15 is 0 Å². The third-order valence-electron chi connectivity index (χ3n) is 4.67. The van der Waals surface area contributed by atoms with Crippen LogP contribution in [-0.2, 0) is 9.59 Å². The molecule has 0 fully saturated rings. The molecule has 2 amide bonds. The molecule has 1 N–H and O–H groups in total. The van der Waals surface area contributed by atoms with Crippen LogP contribution in [0.3, 0.4) is 0 Å². The van der Waals surface area contributed by atoms with E-state index in [-0.39, 0.29) is 11.8 Å². The average molecular weight is 382 g/mol. The quantitative estimate of drug-likeness (QED) is 0.851. The summed E-state index contributed by atoms with van der Waals surface area (Å²) in [6.07, 6.45) is 0.